The summed E-state index contributed by atoms with van der Waals surface area (Å²) in [7, 11) is 0. The predicted molar refractivity (Wildman–Crippen MR) is 103 cm³/mol. The molecule has 0 aliphatic carbocycles. The fourth-order valence-corrected chi connectivity index (χ4v) is 3.44. The van der Waals surface area contributed by atoms with Crippen LogP contribution in [0.2, 0.25) is 0 Å². The average molecular weight is 328 g/mol. The van der Waals surface area contributed by atoms with Crippen LogP contribution in [0.3, 0.4) is 0 Å². The van der Waals surface area contributed by atoms with Gasteiger partial charge >= 0.3 is 0 Å². The monoisotopic (exact) mass is 328 g/mol. The Kier molecular flexibility index (Phi) is 3.77. The molecule has 124 valence electrons. The van der Waals surface area contributed by atoms with Crippen molar-refractivity contribution < 1.29 is 4.79 Å². The van der Waals surface area contributed by atoms with Crippen LogP contribution in [0.15, 0.2) is 66.9 Å². The summed E-state index contributed by atoms with van der Waals surface area (Å²) >= 11 is 0. The SMILES string of the molecule is Cc1cc2cc[nH]c2cc1C(=O)NC(C)c1cccc2ccccc12. The number of H-pyrrole nitrogens is 1. The van der Waals surface area contributed by atoms with Crippen molar-refractivity contribution in [2.24, 2.45) is 0 Å². The van der Waals surface area contributed by atoms with Crippen LogP contribution in [0, 0.1) is 6.92 Å². The molecule has 1 atom stereocenters. The maximum absolute atomic E-state index is 12.8. The topological polar surface area (TPSA) is 44.9 Å². The minimum atomic E-state index is -0.0719. The first-order valence-corrected chi connectivity index (χ1v) is 8.50. The van der Waals surface area contributed by atoms with Crippen molar-refractivity contribution in [3.05, 3.63) is 83.6 Å². The lowest BCUT2D eigenvalue weighted by Gasteiger charge is -2.17. The van der Waals surface area contributed by atoms with E-state index in [-0.39, 0.29) is 11.9 Å². The molecular formula is C22H20N2O. The summed E-state index contributed by atoms with van der Waals surface area (Å²) in [6.45, 7) is 4.01. The average Bonchev–Trinajstić information content (AvgIpc) is 3.07. The third-order valence-electron chi connectivity index (χ3n) is 4.78. The van der Waals surface area contributed by atoms with Crippen molar-refractivity contribution in [1.29, 1.82) is 0 Å². The number of carbonyl (C=O) groups is 1. The van der Waals surface area contributed by atoms with Crippen molar-refractivity contribution in [2.45, 2.75) is 19.9 Å². The molecule has 0 bridgehead atoms. The molecule has 0 saturated carbocycles. The van der Waals surface area contributed by atoms with E-state index in [0.29, 0.717) is 5.56 Å². The fourth-order valence-electron chi connectivity index (χ4n) is 3.44. The number of aromatic nitrogens is 1. The maximum atomic E-state index is 12.8. The van der Waals surface area contributed by atoms with Crippen molar-refractivity contribution in [3.63, 3.8) is 0 Å². The highest BCUT2D eigenvalue weighted by atomic mass is 16.1. The van der Waals surface area contributed by atoms with Gasteiger partial charge < -0.3 is 10.3 Å². The second kappa shape index (κ2) is 6.10. The van der Waals surface area contributed by atoms with Gasteiger partial charge in [0.05, 0.1) is 6.04 Å². The van der Waals surface area contributed by atoms with Crippen LogP contribution in [0.4, 0.5) is 0 Å². The summed E-state index contributed by atoms with van der Waals surface area (Å²) in [5.74, 6) is -0.0468. The van der Waals surface area contributed by atoms with Gasteiger partial charge in [-0.2, -0.15) is 0 Å². The van der Waals surface area contributed by atoms with Crippen LogP contribution in [-0.4, -0.2) is 10.9 Å². The molecule has 0 aliphatic rings. The van der Waals surface area contributed by atoms with E-state index in [1.54, 1.807) is 0 Å². The Bertz CT molecular complexity index is 1070. The van der Waals surface area contributed by atoms with E-state index >= 15 is 0 Å². The van der Waals surface area contributed by atoms with Crippen molar-refractivity contribution in [2.75, 3.05) is 0 Å². The number of hydrogen-bond acceptors (Lipinski definition) is 1. The molecule has 0 fully saturated rings. The molecule has 1 heterocycles. The van der Waals surface area contributed by atoms with Crippen LogP contribution in [0.25, 0.3) is 21.7 Å². The highest BCUT2D eigenvalue weighted by Gasteiger charge is 2.16. The summed E-state index contributed by atoms with van der Waals surface area (Å²) in [6, 6.07) is 20.4. The first-order chi connectivity index (χ1) is 12.1. The molecule has 4 aromatic rings. The highest BCUT2D eigenvalue weighted by molar-refractivity contribution is 6.00. The van der Waals surface area contributed by atoms with Crippen molar-refractivity contribution in [3.8, 4) is 0 Å². The molecule has 1 unspecified atom stereocenters. The number of amides is 1. The smallest absolute Gasteiger partial charge is 0.252 e. The molecule has 1 amide bonds. The van der Waals surface area contributed by atoms with Crippen LogP contribution in [-0.2, 0) is 0 Å². The van der Waals surface area contributed by atoms with E-state index in [4.69, 9.17) is 0 Å². The van der Waals surface area contributed by atoms with E-state index < -0.39 is 0 Å². The molecule has 25 heavy (non-hydrogen) atoms. The van der Waals surface area contributed by atoms with Crippen LogP contribution in [0.1, 0.15) is 34.5 Å². The van der Waals surface area contributed by atoms with Gasteiger partial charge in [-0.3, -0.25) is 4.79 Å². The van der Waals surface area contributed by atoms with Gasteiger partial charge in [-0.15, -0.1) is 0 Å². The number of hydrogen-bond donors (Lipinski definition) is 2. The highest BCUT2D eigenvalue weighted by Crippen LogP contribution is 2.25. The molecular weight excluding hydrogens is 308 g/mol. The van der Waals surface area contributed by atoms with Gasteiger partial charge in [0.15, 0.2) is 0 Å². The molecule has 0 aliphatic heterocycles. The van der Waals surface area contributed by atoms with Gasteiger partial charge in [-0.25, -0.2) is 0 Å². The molecule has 3 nitrogen and oxygen atoms in total. The minimum Gasteiger partial charge on any atom is -0.361 e. The molecule has 0 radical (unpaired) electrons. The second-order valence-electron chi connectivity index (χ2n) is 6.50. The maximum Gasteiger partial charge on any atom is 0.252 e. The summed E-state index contributed by atoms with van der Waals surface area (Å²) in [6.07, 6.45) is 1.89. The van der Waals surface area contributed by atoms with Gasteiger partial charge in [0.25, 0.3) is 5.91 Å². The number of rotatable bonds is 3. The number of carbonyl (C=O) groups excluding carboxylic acids is 1. The number of nitrogens with one attached hydrogen (secondary N) is 2. The number of benzene rings is 3. The Morgan fingerprint density at radius 3 is 2.68 bits per heavy atom. The molecule has 0 spiro atoms. The molecule has 1 aromatic heterocycles. The lowest BCUT2D eigenvalue weighted by molar-refractivity contribution is 0.0939. The van der Waals surface area contributed by atoms with Crippen LogP contribution >= 0.6 is 0 Å². The Labute approximate surface area is 146 Å². The lowest BCUT2D eigenvalue weighted by Crippen LogP contribution is -2.27. The molecule has 2 N–H and O–H groups in total. The fraction of sp³-hybridized carbons (Fsp3) is 0.136. The third-order valence-corrected chi connectivity index (χ3v) is 4.78. The molecule has 4 rings (SSSR count). The Hall–Kier alpha value is -3.07. The zero-order valence-electron chi connectivity index (χ0n) is 14.3. The summed E-state index contributed by atoms with van der Waals surface area (Å²) < 4.78 is 0. The summed E-state index contributed by atoms with van der Waals surface area (Å²) in [4.78, 5) is 16.0. The number of aromatic amines is 1. The van der Waals surface area contributed by atoms with Crippen LogP contribution < -0.4 is 5.32 Å². The Morgan fingerprint density at radius 1 is 1.00 bits per heavy atom. The molecule has 0 saturated heterocycles. The third kappa shape index (κ3) is 2.78. The standard InChI is InChI=1S/C22H20N2O/c1-14-12-17-10-11-23-21(17)13-20(14)22(25)24-15(2)18-9-5-7-16-6-3-4-8-19(16)18/h3-13,15,23H,1-2H3,(H,24,25). The van der Waals surface area contributed by atoms with Gasteiger partial charge in [-0.05, 0) is 59.3 Å². The van der Waals surface area contributed by atoms with Crippen molar-refractivity contribution in [1.82, 2.24) is 10.3 Å². The molecule has 3 heteroatoms. The Balaban J connectivity index is 1.66. The predicted octanol–water partition coefficient (Wildman–Crippen LogP) is 5.12. The van der Waals surface area contributed by atoms with Gasteiger partial charge in [-0.1, -0.05) is 42.5 Å². The number of aryl methyl sites for hydroxylation is 1. The first kappa shape index (κ1) is 15.5. The summed E-state index contributed by atoms with van der Waals surface area (Å²) in [5.41, 5.74) is 3.80. The van der Waals surface area contributed by atoms with E-state index in [2.05, 4.69) is 34.6 Å². The largest absolute Gasteiger partial charge is 0.361 e. The van der Waals surface area contributed by atoms with E-state index in [0.717, 1.165) is 22.0 Å². The second-order valence-corrected chi connectivity index (χ2v) is 6.50. The first-order valence-electron chi connectivity index (χ1n) is 8.50. The zero-order chi connectivity index (χ0) is 17.4. The normalized spacial score (nSPS) is 12.4. The zero-order valence-corrected chi connectivity index (χ0v) is 14.3. The van der Waals surface area contributed by atoms with Gasteiger partial charge in [0, 0.05) is 17.3 Å². The van der Waals surface area contributed by atoms with Gasteiger partial charge in [0.2, 0.25) is 0 Å². The number of fused-ring (bicyclic) bond motifs is 2. The van der Waals surface area contributed by atoms with Gasteiger partial charge in [0.1, 0.15) is 0 Å². The Morgan fingerprint density at radius 2 is 1.80 bits per heavy atom. The van der Waals surface area contributed by atoms with E-state index in [1.165, 1.54) is 10.8 Å². The van der Waals surface area contributed by atoms with E-state index in [1.807, 2.05) is 56.4 Å². The van der Waals surface area contributed by atoms with E-state index in [9.17, 15) is 4.79 Å². The molecule has 3 aromatic carbocycles. The lowest BCUT2D eigenvalue weighted by atomic mass is 9.99. The van der Waals surface area contributed by atoms with Crippen molar-refractivity contribution >= 4 is 27.6 Å². The minimum absolute atomic E-state index is 0.0468. The quantitative estimate of drug-likeness (QED) is 0.538. The summed E-state index contributed by atoms with van der Waals surface area (Å²) in [5, 5.41) is 6.63. The van der Waals surface area contributed by atoms with Crippen LogP contribution in [0.5, 0.6) is 0 Å².